The maximum absolute atomic E-state index is 12.7. The van der Waals surface area contributed by atoms with Crippen LogP contribution in [0, 0.1) is 0 Å². The van der Waals surface area contributed by atoms with Crippen LogP contribution in [-0.4, -0.2) is 46.3 Å². The number of carbonyl (C=O) groups is 4. The molecule has 2 N–H and O–H groups in total. The van der Waals surface area contributed by atoms with E-state index in [4.69, 9.17) is 0 Å². The minimum atomic E-state index is -0.692. The fourth-order valence-corrected chi connectivity index (χ4v) is 3.07. The second-order valence-corrected chi connectivity index (χ2v) is 7.55. The molecule has 8 nitrogen and oxygen atoms in total. The third-order valence-electron chi connectivity index (χ3n) is 4.49. The summed E-state index contributed by atoms with van der Waals surface area (Å²) in [6.07, 6.45) is 0. The fourth-order valence-electron chi connectivity index (χ4n) is 3.07. The van der Waals surface area contributed by atoms with Crippen molar-refractivity contribution in [1.82, 2.24) is 4.90 Å². The number of fused-ring (bicyclic) bond motifs is 1. The zero-order valence-electron chi connectivity index (χ0n) is 16.4. The smallest absolute Gasteiger partial charge is 0.337 e. The summed E-state index contributed by atoms with van der Waals surface area (Å²) in [6, 6.07) is 8.17. The second kappa shape index (κ2) is 7.05. The molecule has 1 aliphatic heterocycles. The summed E-state index contributed by atoms with van der Waals surface area (Å²) in [5, 5.41) is 12.6. The van der Waals surface area contributed by atoms with Gasteiger partial charge in [0.25, 0.3) is 17.7 Å². The van der Waals surface area contributed by atoms with Crippen molar-refractivity contribution in [3.8, 4) is 5.75 Å². The van der Waals surface area contributed by atoms with E-state index >= 15 is 0 Å². The lowest BCUT2D eigenvalue weighted by molar-refractivity contribution is 0.0506. The number of carbonyl (C=O) groups excluding carboxylic acids is 4. The van der Waals surface area contributed by atoms with E-state index < -0.39 is 29.2 Å². The van der Waals surface area contributed by atoms with Gasteiger partial charge in [0.1, 0.15) is 5.75 Å². The quantitative estimate of drug-likeness (QED) is 0.469. The predicted molar refractivity (Wildman–Crippen MR) is 104 cm³/mol. The van der Waals surface area contributed by atoms with Crippen LogP contribution in [0.3, 0.4) is 0 Å². The number of phenols is 1. The van der Waals surface area contributed by atoms with E-state index in [0.717, 1.165) is 4.90 Å². The van der Waals surface area contributed by atoms with Crippen LogP contribution < -0.4 is 5.32 Å². The zero-order chi connectivity index (χ0) is 21.5. The molecule has 3 rings (SSSR count). The number of amides is 3. The minimum absolute atomic E-state index is 0.0851. The number of nitrogens with one attached hydrogen (secondary N) is 1. The summed E-state index contributed by atoms with van der Waals surface area (Å²) in [6.45, 7) is 5.26. The van der Waals surface area contributed by atoms with Crippen LogP contribution in [0.4, 0.5) is 5.69 Å². The van der Waals surface area contributed by atoms with Crippen molar-refractivity contribution in [2.45, 2.75) is 26.3 Å². The molecule has 0 unspecified atom stereocenters. The molecule has 2 aromatic rings. The van der Waals surface area contributed by atoms with Gasteiger partial charge < -0.3 is 15.2 Å². The average molecular weight is 396 g/mol. The van der Waals surface area contributed by atoms with Gasteiger partial charge in [-0.15, -0.1) is 0 Å². The van der Waals surface area contributed by atoms with Crippen molar-refractivity contribution in [3.05, 3.63) is 58.7 Å². The molecule has 1 aliphatic rings. The lowest BCUT2D eigenvalue weighted by Crippen LogP contribution is -2.45. The topological polar surface area (TPSA) is 113 Å². The van der Waals surface area contributed by atoms with Gasteiger partial charge in [-0.1, -0.05) is 0 Å². The molecule has 0 bridgehead atoms. The molecule has 8 heteroatoms. The number of ether oxygens (including phenoxy) is 1. The molecule has 150 valence electrons. The molecule has 1 heterocycles. The van der Waals surface area contributed by atoms with E-state index in [0.29, 0.717) is 0 Å². The van der Waals surface area contributed by atoms with Crippen LogP contribution >= 0.6 is 0 Å². The number of nitrogens with zero attached hydrogens (tertiary/aromatic N) is 1. The van der Waals surface area contributed by atoms with E-state index in [1.165, 1.54) is 43.5 Å². The summed E-state index contributed by atoms with van der Waals surface area (Å²) in [5.41, 5.74) is 0.0726. The summed E-state index contributed by atoms with van der Waals surface area (Å²) in [7, 11) is 1.22. The largest absolute Gasteiger partial charge is 0.506 e. The van der Waals surface area contributed by atoms with Crippen molar-refractivity contribution in [2.75, 3.05) is 12.4 Å². The highest BCUT2D eigenvalue weighted by atomic mass is 16.5. The van der Waals surface area contributed by atoms with Gasteiger partial charge in [0.15, 0.2) is 0 Å². The number of rotatable bonds is 3. The third kappa shape index (κ3) is 3.56. The first kappa shape index (κ1) is 20.1. The van der Waals surface area contributed by atoms with Gasteiger partial charge in [-0.25, -0.2) is 4.79 Å². The minimum Gasteiger partial charge on any atom is -0.506 e. The number of hydrogen-bond acceptors (Lipinski definition) is 6. The SMILES string of the molecule is COC(=O)c1ccc(NC(=O)c2ccc3c(c2)C(=O)N(C(C)(C)C)C3=O)c(O)c1. The maximum Gasteiger partial charge on any atom is 0.337 e. The van der Waals surface area contributed by atoms with E-state index in [1.54, 1.807) is 20.8 Å². The van der Waals surface area contributed by atoms with Gasteiger partial charge in [-0.3, -0.25) is 19.3 Å². The fraction of sp³-hybridized carbons (Fsp3) is 0.238. The number of esters is 1. The van der Waals surface area contributed by atoms with Crippen LogP contribution in [0.15, 0.2) is 36.4 Å². The van der Waals surface area contributed by atoms with Crippen LogP contribution in [-0.2, 0) is 4.74 Å². The van der Waals surface area contributed by atoms with E-state index in [9.17, 15) is 24.3 Å². The Kier molecular flexibility index (Phi) is 4.88. The molecule has 2 aromatic carbocycles. The van der Waals surface area contributed by atoms with E-state index in [2.05, 4.69) is 10.1 Å². The van der Waals surface area contributed by atoms with Crippen molar-refractivity contribution in [2.24, 2.45) is 0 Å². The monoisotopic (exact) mass is 396 g/mol. The average Bonchev–Trinajstić information content (AvgIpc) is 2.92. The van der Waals surface area contributed by atoms with Gasteiger partial charge in [-0.05, 0) is 57.2 Å². The molecule has 0 saturated heterocycles. The molecule has 0 fully saturated rings. The Bertz CT molecular complexity index is 1050. The highest BCUT2D eigenvalue weighted by molar-refractivity contribution is 6.22. The Morgan fingerprint density at radius 2 is 1.59 bits per heavy atom. The van der Waals surface area contributed by atoms with Crippen LogP contribution in [0.5, 0.6) is 5.75 Å². The number of anilines is 1. The van der Waals surface area contributed by atoms with Gasteiger partial charge in [-0.2, -0.15) is 0 Å². The van der Waals surface area contributed by atoms with Gasteiger partial charge in [0, 0.05) is 11.1 Å². The van der Waals surface area contributed by atoms with Crippen LogP contribution in [0.1, 0.15) is 62.2 Å². The maximum atomic E-state index is 12.7. The Morgan fingerprint density at radius 1 is 0.966 bits per heavy atom. The zero-order valence-corrected chi connectivity index (χ0v) is 16.4. The van der Waals surface area contributed by atoms with Gasteiger partial charge in [0.2, 0.25) is 0 Å². The normalized spacial score (nSPS) is 13.3. The first-order valence-electron chi connectivity index (χ1n) is 8.80. The third-order valence-corrected chi connectivity index (χ3v) is 4.49. The first-order chi connectivity index (χ1) is 13.5. The lowest BCUT2D eigenvalue weighted by atomic mass is 10.1. The van der Waals surface area contributed by atoms with E-state index in [1.807, 2.05) is 0 Å². The summed E-state index contributed by atoms with van der Waals surface area (Å²) in [5.74, 6) is -2.38. The molecule has 0 saturated carbocycles. The Labute approximate surface area is 167 Å². The van der Waals surface area contributed by atoms with E-state index in [-0.39, 0.29) is 33.7 Å². The van der Waals surface area contributed by atoms with Crippen molar-refractivity contribution < 1.29 is 29.0 Å². The number of benzene rings is 2. The summed E-state index contributed by atoms with van der Waals surface area (Å²) in [4.78, 5) is 50.4. The molecular weight excluding hydrogens is 376 g/mol. The predicted octanol–water partition coefficient (Wildman–Crippen LogP) is 2.83. The molecule has 0 aliphatic carbocycles. The molecule has 29 heavy (non-hydrogen) atoms. The number of aromatic hydroxyl groups is 1. The van der Waals surface area contributed by atoms with Crippen LogP contribution in [0.25, 0.3) is 0 Å². The van der Waals surface area contributed by atoms with Crippen molar-refractivity contribution in [1.29, 1.82) is 0 Å². The Morgan fingerprint density at radius 3 is 2.17 bits per heavy atom. The highest BCUT2D eigenvalue weighted by Gasteiger charge is 2.42. The molecule has 0 atom stereocenters. The molecular formula is C21H20N2O6. The number of methoxy groups -OCH3 is 1. The summed E-state index contributed by atoms with van der Waals surface area (Å²) >= 11 is 0. The number of imide groups is 1. The molecule has 0 aromatic heterocycles. The molecule has 3 amide bonds. The van der Waals surface area contributed by atoms with Crippen molar-refractivity contribution >= 4 is 29.4 Å². The Balaban J connectivity index is 1.86. The van der Waals surface area contributed by atoms with Gasteiger partial charge >= 0.3 is 5.97 Å². The van der Waals surface area contributed by atoms with Crippen LogP contribution in [0.2, 0.25) is 0 Å². The highest BCUT2D eigenvalue weighted by Crippen LogP contribution is 2.30. The first-order valence-corrected chi connectivity index (χ1v) is 8.80. The number of hydrogen-bond donors (Lipinski definition) is 2. The molecule has 0 radical (unpaired) electrons. The number of phenolic OH excluding ortho intramolecular Hbond substituents is 1. The standard InChI is InChI=1S/C21H20N2O6/c1-21(2,3)23-18(26)13-7-5-11(9-14(13)19(23)27)17(25)22-15-8-6-12(10-16(15)24)20(28)29-4/h5-10,24H,1-4H3,(H,22,25). The molecule has 0 spiro atoms. The Hall–Kier alpha value is -3.68. The second-order valence-electron chi connectivity index (χ2n) is 7.55. The van der Waals surface area contributed by atoms with Crippen molar-refractivity contribution in [3.63, 3.8) is 0 Å². The lowest BCUT2D eigenvalue weighted by Gasteiger charge is -2.29. The van der Waals surface area contributed by atoms with Gasteiger partial charge in [0.05, 0.1) is 29.5 Å². The summed E-state index contributed by atoms with van der Waals surface area (Å²) < 4.78 is 4.57.